The number of pyridine rings is 3. The van der Waals surface area contributed by atoms with Crippen LogP contribution in [-0.4, -0.2) is 137 Å². The van der Waals surface area contributed by atoms with Crippen molar-refractivity contribution in [3.8, 4) is 0 Å². The predicted molar refractivity (Wildman–Crippen MR) is 248 cm³/mol. The van der Waals surface area contributed by atoms with Crippen LogP contribution in [0.3, 0.4) is 0 Å². The fourth-order valence-electron chi connectivity index (χ4n) is 8.54. The Kier molecular flexibility index (Phi) is 16.2. The molecule has 14 nitrogen and oxygen atoms in total. The Bertz CT molecular complexity index is 1930. The topological polar surface area (TPSA) is 144 Å². The summed E-state index contributed by atoms with van der Waals surface area (Å²) in [5.41, 5.74) is 6.14. The van der Waals surface area contributed by atoms with E-state index in [0.29, 0.717) is 44.9 Å². The highest BCUT2D eigenvalue weighted by atomic mass is 79.9. The van der Waals surface area contributed by atoms with Gasteiger partial charge in [0.2, 0.25) is 0 Å². The highest BCUT2D eigenvalue weighted by molar-refractivity contribution is 9.11. The first-order chi connectivity index (χ1) is 29.2. The van der Waals surface area contributed by atoms with Crippen LogP contribution in [0.1, 0.15) is 75.4 Å². The molecule has 6 aliphatic heterocycles. The monoisotopic (exact) mass is 1050 g/mol. The molecule has 0 radical (unpaired) electrons. The Morgan fingerprint density at radius 1 is 0.656 bits per heavy atom. The summed E-state index contributed by atoms with van der Waals surface area (Å²) in [6.45, 7) is 20.1. The summed E-state index contributed by atoms with van der Waals surface area (Å²) in [4.78, 5) is 20.6. The molecule has 0 spiro atoms. The van der Waals surface area contributed by atoms with Crippen molar-refractivity contribution in [2.45, 2.75) is 94.6 Å². The molecule has 2 N–H and O–H groups in total. The molecule has 0 bridgehead atoms. The van der Waals surface area contributed by atoms with Gasteiger partial charge in [-0.05, 0) is 84.1 Å². The van der Waals surface area contributed by atoms with Gasteiger partial charge in [0, 0.05) is 70.9 Å². The van der Waals surface area contributed by atoms with E-state index >= 15 is 0 Å². The zero-order chi connectivity index (χ0) is 43.3. The van der Waals surface area contributed by atoms with Crippen molar-refractivity contribution >= 4 is 73.2 Å². The summed E-state index contributed by atoms with van der Waals surface area (Å²) in [7, 11) is -1.73. The highest BCUT2D eigenvalue weighted by Gasteiger charge is 2.40. The van der Waals surface area contributed by atoms with Gasteiger partial charge in [0.1, 0.15) is 18.3 Å². The number of fused-ring (bicyclic) bond motifs is 9. The van der Waals surface area contributed by atoms with E-state index in [1.165, 1.54) is 5.69 Å². The zero-order valence-electron chi connectivity index (χ0n) is 35.9. The number of anilines is 3. The maximum atomic E-state index is 10.0. The minimum Gasteiger partial charge on any atom is -0.414 e. The second kappa shape index (κ2) is 21.0. The second-order valence-electron chi connectivity index (χ2n) is 17.7. The van der Waals surface area contributed by atoms with Crippen LogP contribution >= 0.6 is 47.8 Å². The summed E-state index contributed by atoms with van der Waals surface area (Å²) in [5.74, 6) is 0. The van der Waals surface area contributed by atoms with Gasteiger partial charge in [0.15, 0.2) is 8.32 Å². The summed E-state index contributed by atoms with van der Waals surface area (Å²) in [6.07, 6.45) is 7.37. The van der Waals surface area contributed by atoms with E-state index in [1.54, 1.807) is 12.4 Å². The molecule has 18 heteroatoms. The van der Waals surface area contributed by atoms with Crippen molar-refractivity contribution in [3.63, 3.8) is 0 Å². The number of nitrogens with zero attached hydrogens (tertiary/aromatic N) is 6. The fourth-order valence-corrected chi connectivity index (χ4v) is 10.5. The van der Waals surface area contributed by atoms with Gasteiger partial charge in [-0.1, -0.05) is 20.8 Å². The smallest absolute Gasteiger partial charge is 0.192 e. The lowest BCUT2D eigenvalue weighted by Crippen LogP contribution is -2.49. The molecule has 6 aliphatic rings. The number of hydrogen-bond donors (Lipinski definition) is 2. The van der Waals surface area contributed by atoms with E-state index in [9.17, 15) is 5.11 Å². The molecule has 3 aromatic rings. The van der Waals surface area contributed by atoms with Crippen LogP contribution in [0.5, 0.6) is 0 Å². The van der Waals surface area contributed by atoms with Crippen LogP contribution in [0.4, 0.5) is 17.1 Å². The number of ether oxygens (including phenoxy) is 5. The van der Waals surface area contributed by atoms with Crippen molar-refractivity contribution in [3.05, 3.63) is 67.3 Å². The number of morpholine rings is 3. The molecule has 9 rings (SSSR count). The molecular formula is C43H61Br3N6O8Si. The lowest BCUT2D eigenvalue weighted by atomic mass is 9.96. The van der Waals surface area contributed by atoms with Crippen molar-refractivity contribution < 1.29 is 38.3 Å². The molecule has 3 aromatic heterocycles. The average Bonchev–Trinajstić information content (AvgIpc) is 3.24. The van der Waals surface area contributed by atoms with Crippen molar-refractivity contribution in [1.82, 2.24) is 15.0 Å². The highest BCUT2D eigenvalue weighted by Crippen LogP contribution is 2.42. The number of aromatic nitrogens is 3. The largest absolute Gasteiger partial charge is 0.414 e. The van der Waals surface area contributed by atoms with E-state index in [0.717, 1.165) is 107 Å². The lowest BCUT2D eigenvalue weighted by molar-refractivity contribution is -0.00239. The Morgan fingerprint density at radius 2 is 1.07 bits per heavy atom. The quantitative estimate of drug-likeness (QED) is 0.170. The Balaban J connectivity index is 0.000000142. The van der Waals surface area contributed by atoms with Gasteiger partial charge in [0.05, 0.1) is 118 Å². The molecule has 9 heterocycles. The number of aliphatic hydroxyl groups is 2. The molecule has 61 heavy (non-hydrogen) atoms. The molecule has 6 atom stereocenters. The molecule has 0 aromatic carbocycles. The average molecular weight is 1060 g/mol. The number of hydrogen-bond acceptors (Lipinski definition) is 14. The normalized spacial score (nSPS) is 25.6. The van der Waals surface area contributed by atoms with Crippen LogP contribution in [0.2, 0.25) is 18.1 Å². The van der Waals surface area contributed by atoms with E-state index in [1.807, 2.05) is 12.3 Å². The molecule has 0 aliphatic carbocycles. The third kappa shape index (κ3) is 11.4. The minimum absolute atomic E-state index is 0.00376. The Morgan fingerprint density at radius 3 is 1.51 bits per heavy atom. The standard InChI is InChI=1S/C19H31BrN2O3Si.C13H17BrN2O3.C11H13BrN2O2/c1-19(2,3)26(4,5)25-9-8-24-17-11-15-13-23-7-6-22(15)16-10-14(20)12-21-18(16)17;14-9-5-11-13(15-7-9)12(19-4-2-17)6-10-8-18-3-1-16(10)11;12-7-3-9-11(13-5-7)10(15)4-8-6-16-2-1-14(8)9/h10,12,15,17H,6-9,11,13H2,1-5H3;5,7,10,12,17H,1-4,6,8H2;3,5,8,10,15H,1-2,4,6H2. The first-order valence-electron chi connectivity index (χ1n) is 21.4. The van der Waals surface area contributed by atoms with Gasteiger partial charge >= 0.3 is 0 Å². The maximum absolute atomic E-state index is 10.0. The third-order valence-electron chi connectivity index (χ3n) is 12.7. The molecule has 0 amide bonds. The minimum atomic E-state index is -1.73. The van der Waals surface area contributed by atoms with Gasteiger partial charge in [-0.15, -0.1) is 0 Å². The molecule has 6 unspecified atom stereocenters. The lowest BCUT2D eigenvalue weighted by Gasteiger charge is -2.44. The first-order valence-corrected chi connectivity index (χ1v) is 26.7. The van der Waals surface area contributed by atoms with Crippen molar-refractivity contribution in [2.75, 3.05) is 100 Å². The maximum Gasteiger partial charge on any atom is 0.192 e. The van der Waals surface area contributed by atoms with Crippen LogP contribution in [0.25, 0.3) is 0 Å². The summed E-state index contributed by atoms with van der Waals surface area (Å²) < 4.78 is 37.9. The summed E-state index contributed by atoms with van der Waals surface area (Å²) in [6, 6.07) is 7.26. The van der Waals surface area contributed by atoms with Crippen LogP contribution < -0.4 is 14.7 Å². The number of halogens is 3. The van der Waals surface area contributed by atoms with Crippen LogP contribution in [-0.2, 0) is 28.1 Å². The zero-order valence-corrected chi connectivity index (χ0v) is 41.7. The SMILES string of the molecule is CC(C)(C)[Si](C)(C)OCCOC1CC2COCCN2c2cc(Br)cnc21.OC1CC2COCCN2c2cc(Br)cnc21.OCCOC1CC2COCCN2c2cc(Br)cnc21. The van der Waals surface area contributed by atoms with Gasteiger partial charge in [-0.25, -0.2) is 0 Å². The fraction of sp³-hybridized carbons (Fsp3) is 0.651. The predicted octanol–water partition coefficient (Wildman–Crippen LogP) is 7.52. The number of rotatable bonds is 8. The van der Waals surface area contributed by atoms with Gasteiger partial charge in [-0.2, -0.15) is 0 Å². The second-order valence-corrected chi connectivity index (χ2v) is 25.3. The summed E-state index contributed by atoms with van der Waals surface area (Å²) in [5, 5.41) is 19.2. The molecular weight excluding hydrogens is 996 g/mol. The molecule has 3 fully saturated rings. The van der Waals surface area contributed by atoms with Crippen LogP contribution in [0, 0.1) is 0 Å². The first kappa shape index (κ1) is 47.2. The van der Waals surface area contributed by atoms with Crippen LogP contribution in [0.15, 0.2) is 50.2 Å². The van der Waals surface area contributed by atoms with E-state index in [4.69, 9.17) is 33.2 Å². The molecule has 336 valence electrons. The van der Waals surface area contributed by atoms with E-state index < -0.39 is 14.4 Å². The number of aliphatic hydroxyl groups excluding tert-OH is 2. The summed E-state index contributed by atoms with van der Waals surface area (Å²) >= 11 is 10.5. The van der Waals surface area contributed by atoms with E-state index in [2.05, 4.69) is 123 Å². The Labute approximate surface area is 386 Å². The van der Waals surface area contributed by atoms with Gasteiger partial charge < -0.3 is 53.0 Å². The van der Waals surface area contributed by atoms with E-state index in [-0.39, 0.29) is 29.9 Å². The third-order valence-corrected chi connectivity index (χ3v) is 18.5. The van der Waals surface area contributed by atoms with Gasteiger partial charge in [-0.3, -0.25) is 15.0 Å². The van der Waals surface area contributed by atoms with Crippen molar-refractivity contribution in [1.29, 1.82) is 0 Å². The Hall–Kier alpha value is -1.81. The molecule has 0 saturated carbocycles. The van der Waals surface area contributed by atoms with Crippen molar-refractivity contribution in [2.24, 2.45) is 0 Å². The van der Waals surface area contributed by atoms with Gasteiger partial charge in [0.25, 0.3) is 0 Å². The molecule has 3 saturated heterocycles.